The third kappa shape index (κ3) is 5.96. The van der Waals surface area contributed by atoms with Crippen LogP contribution in [-0.2, 0) is 4.74 Å². The van der Waals surface area contributed by atoms with Crippen molar-refractivity contribution in [3.05, 3.63) is 94.6 Å². The fraction of sp³-hybridized carbons (Fsp3) is 0.438. The fourth-order valence-electron chi connectivity index (χ4n) is 5.26. The molecule has 2 heteroatoms. The quantitative estimate of drug-likeness (QED) is 0.374. The zero-order valence-electron chi connectivity index (χ0n) is 21.7. The Morgan fingerprint density at radius 2 is 1.85 bits per heavy atom. The highest BCUT2D eigenvalue weighted by molar-refractivity contribution is 5.88. The van der Waals surface area contributed by atoms with Gasteiger partial charge in [0.2, 0.25) is 0 Å². The van der Waals surface area contributed by atoms with Gasteiger partial charge in [-0.1, -0.05) is 93.8 Å². The van der Waals surface area contributed by atoms with Gasteiger partial charge in [0, 0.05) is 13.0 Å². The van der Waals surface area contributed by atoms with Crippen LogP contribution in [0.4, 0.5) is 4.39 Å². The molecule has 1 nitrogen and oxygen atoms in total. The summed E-state index contributed by atoms with van der Waals surface area (Å²) in [6.45, 7) is 13.1. The first-order valence-electron chi connectivity index (χ1n) is 12.9. The van der Waals surface area contributed by atoms with E-state index in [1.165, 1.54) is 27.8 Å². The Balaban J connectivity index is 0.00000158. The van der Waals surface area contributed by atoms with Crippen LogP contribution in [0.5, 0.6) is 0 Å². The number of fused-ring (bicyclic) bond motifs is 1. The molecule has 2 aliphatic carbocycles. The highest BCUT2D eigenvalue weighted by atomic mass is 19.1. The summed E-state index contributed by atoms with van der Waals surface area (Å²) in [4.78, 5) is 0. The van der Waals surface area contributed by atoms with E-state index in [4.69, 9.17) is 4.74 Å². The Morgan fingerprint density at radius 3 is 2.53 bits per heavy atom. The largest absolute Gasteiger partial charge is 0.381 e. The van der Waals surface area contributed by atoms with Gasteiger partial charge in [-0.2, -0.15) is 0 Å². The lowest BCUT2D eigenvalue weighted by atomic mass is 9.78. The number of ether oxygens (including phenoxy) is 1. The second-order valence-electron chi connectivity index (χ2n) is 9.60. The molecule has 4 rings (SSSR count). The van der Waals surface area contributed by atoms with Crippen LogP contribution in [0.2, 0.25) is 0 Å². The third-order valence-corrected chi connectivity index (χ3v) is 7.15. The van der Waals surface area contributed by atoms with Gasteiger partial charge in [0.25, 0.3) is 0 Å². The van der Waals surface area contributed by atoms with E-state index in [0.29, 0.717) is 25.9 Å². The Bertz CT molecular complexity index is 1050. The van der Waals surface area contributed by atoms with E-state index >= 15 is 4.39 Å². The second kappa shape index (κ2) is 11.8. The van der Waals surface area contributed by atoms with Gasteiger partial charge in [-0.15, -0.1) is 0 Å². The normalized spacial score (nSPS) is 19.1. The van der Waals surface area contributed by atoms with Gasteiger partial charge in [-0.05, 0) is 78.1 Å². The van der Waals surface area contributed by atoms with E-state index < -0.39 is 5.67 Å². The first-order chi connectivity index (χ1) is 16.4. The number of alkyl halides is 1. The standard InChI is InChI=1S/C30H35FO.C2H6/c1-21-9-8-10-25(17-21)28-19-26(20-30(31)14-6-5-7-15-30)29-18-24(11-12-27(28)29)23(3)22(2)13-16-32-4;1-2/h8-13,17-19,26H,3,5-7,14-16,20H2,1-2,4H3;1-2H3. The topological polar surface area (TPSA) is 9.23 Å². The molecule has 0 radical (unpaired) electrons. The van der Waals surface area contributed by atoms with Crippen LogP contribution in [-0.4, -0.2) is 19.4 Å². The molecule has 2 aliphatic rings. The first kappa shape index (κ1) is 26.2. The van der Waals surface area contributed by atoms with E-state index in [2.05, 4.69) is 75.0 Å². The number of methoxy groups -OCH3 is 1. The molecule has 0 saturated heterocycles. The number of hydrogen-bond acceptors (Lipinski definition) is 1. The molecule has 0 aromatic heterocycles. The van der Waals surface area contributed by atoms with Crippen molar-refractivity contribution in [1.82, 2.24) is 0 Å². The Morgan fingerprint density at radius 1 is 1.12 bits per heavy atom. The molecule has 0 aliphatic heterocycles. The van der Waals surface area contributed by atoms with Crippen molar-refractivity contribution >= 4 is 11.1 Å². The first-order valence-corrected chi connectivity index (χ1v) is 12.9. The predicted molar refractivity (Wildman–Crippen MR) is 145 cm³/mol. The maximum Gasteiger partial charge on any atom is 0.112 e. The van der Waals surface area contributed by atoms with E-state index in [-0.39, 0.29) is 5.92 Å². The summed E-state index contributed by atoms with van der Waals surface area (Å²) < 4.78 is 21.0. The summed E-state index contributed by atoms with van der Waals surface area (Å²) in [6.07, 6.45) is 9.50. The number of rotatable bonds is 7. The molecule has 182 valence electrons. The van der Waals surface area contributed by atoms with Crippen molar-refractivity contribution in [2.24, 2.45) is 0 Å². The minimum Gasteiger partial charge on any atom is -0.381 e. The molecule has 2 aromatic rings. The number of hydrogen-bond donors (Lipinski definition) is 0. The van der Waals surface area contributed by atoms with E-state index in [1.54, 1.807) is 7.11 Å². The SMILES string of the molecule is C=C(C(C)=CCOC)c1ccc2c(c1)C(CC1(F)CCCCC1)C=C2c1cccc(C)c1.CC. The molecule has 0 heterocycles. The van der Waals surface area contributed by atoms with Gasteiger partial charge < -0.3 is 4.74 Å². The number of aryl methyl sites for hydroxylation is 1. The number of allylic oxidation sites excluding steroid dienone is 3. The fourth-order valence-corrected chi connectivity index (χ4v) is 5.26. The molecule has 1 saturated carbocycles. The molecule has 0 N–H and O–H groups in total. The molecule has 0 bridgehead atoms. The highest BCUT2D eigenvalue weighted by Gasteiger charge is 2.37. The van der Waals surface area contributed by atoms with Gasteiger partial charge >= 0.3 is 0 Å². The summed E-state index contributed by atoms with van der Waals surface area (Å²) >= 11 is 0. The monoisotopic (exact) mass is 460 g/mol. The summed E-state index contributed by atoms with van der Waals surface area (Å²) in [5.74, 6) is 0.0969. The summed E-state index contributed by atoms with van der Waals surface area (Å²) in [6, 6.07) is 15.2. The molecular formula is C32H41FO. The van der Waals surface area contributed by atoms with Crippen LogP contribution in [0, 0.1) is 6.92 Å². The molecule has 0 amide bonds. The predicted octanol–water partition coefficient (Wildman–Crippen LogP) is 9.22. The van der Waals surface area contributed by atoms with Crippen LogP contribution < -0.4 is 0 Å². The van der Waals surface area contributed by atoms with Crippen LogP contribution in [0.3, 0.4) is 0 Å². The lowest BCUT2D eigenvalue weighted by Gasteiger charge is -2.31. The van der Waals surface area contributed by atoms with E-state index in [9.17, 15) is 0 Å². The smallest absolute Gasteiger partial charge is 0.112 e. The molecular weight excluding hydrogens is 419 g/mol. The average Bonchev–Trinajstić information content (AvgIpc) is 3.20. The highest BCUT2D eigenvalue weighted by Crippen LogP contribution is 2.47. The average molecular weight is 461 g/mol. The van der Waals surface area contributed by atoms with Crippen molar-refractivity contribution in [3.63, 3.8) is 0 Å². The van der Waals surface area contributed by atoms with Crippen molar-refractivity contribution in [2.45, 2.75) is 77.8 Å². The zero-order chi connectivity index (χ0) is 24.7. The van der Waals surface area contributed by atoms with Crippen LogP contribution in [0.25, 0.3) is 11.1 Å². The maximum atomic E-state index is 15.8. The van der Waals surface area contributed by atoms with Crippen LogP contribution in [0.15, 0.2) is 66.8 Å². The summed E-state index contributed by atoms with van der Waals surface area (Å²) in [5, 5.41) is 0. The zero-order valence-corrected chi connectivity index (χ0v) is 21.7. The lowest BCUT2D eigenvalue weighted by molar-refractivity contribution is 0.0923. The van der Waals surface area contributed by atoms with Crippen LogP contribution >= 0.6 is 0 Å². The van der Waals surface area contributed by atoms with Crippen molar-refractivity contribution in [3.8, 4) is 0 Å². The summed E-state index contributed by atoms with van der Waals surface area (Å²) in [7, 11) is 1.70. The molecule has 2 aromatic carbocycles. The minimum atomic E-state index is -1.06. The lowest BCUT2D eigenvalue weighted by Crippen LogP contribution is -2.27. The third-order valence-electron chi connectivity index (χ3n) is 7.15. The molecule has 1 fully saturated rings. The van der Waals surface area contributed by atoms with Crippen LogP contribution in [0.1, 0.15) is 93.0 Å². The van der Waals surface area contributed by atoms with E-state index in [0.717, 1.165) is 36.0 Å². The van der Waals surface area contributed by atoms with Crippen molar-refractivity contribution in [2.75, 3.05) is 13.7 Å². The molecule has 34 heavy (non-hydrogen) atoms. The Hall–Kier alpha value is -2.45. The van der Waals surface area contributed by atoms with Crippen molar-refractivity contribution in [1.29, 1.82) is 0 Å². The molecule has 1 unspecified atom stereocenters. The Labute approximate surface area is 206 Å². The van der Waals surface area contributed by atoms with Gasteiger partial charge in [0.05, 0.1) is 6.61 Å². The maximum absolute atomic E-state index is 15.8. The van der Waals surface area contributed by atoms with Gasteiger partial charge in [0.1, 0.15) is 5.67 Å². The van der Waals surface area contributed by atoms with Gasteiger partial charge in [-0.3, -0.25) is 0 Å². The number of halogens is 1. The van der Waals surface area contributed by atoms with Gasteiger partial charge in [-0.25, -0.2) is 4.39 Å². The van der Waals surface area contributed by atoms with E-state index in [1.807, 2.05) is 13.8 Å². The van der Waals surface area contributed by atoms with Crippen molar-refractivity contribution < 1.29 is 9.13 Å². The minimum absolute atomic E-state index is 0.0969. The second-order valence-corrected chi connectivity index (χ2v) is 9.60. The number of benzene rings is 2. The van der Waals surface area contributed by atoms with Gasteiger partial charge in [0.15, 0.2) is 0 Å². The summed E-state index contributed by atoms with van der Waals surface area (Å²) in [5.41, 5.74) is 8.32. The molecule has 0 spiro atoms. The Kier molecular flexibility index (Phi) is 9.08. The molecule has 1 atom stereocenters.